The molecule has 0 heterocycles. The number of hydrogen-bond acceptors (Lipinski definition) is 1. The van der Waals surface area contributed by atoms with Gasteiger partial charge in [0.05, 0.1) is 5.60 Å². The molecule has 1 heteroatoms. The van der Waals surface area contributed by atoms with Crippen LogP contribution in [-0.4, -0.2) is 10.7 Å². The van der Waals surface area contributed by atoms with Crippen LogP contribution in [0.3, 0.4) is 0 Å². The lowest BCUT2D eigenvalue weighted by atomic mass is 9.68. The van der Waals surface area contributed by atoms with Crippen LogP contribution in [0.2, 0.25) is 0 Å². The summed E-state index contributed by atoms with van der Waals surface area (Å²) in [7, 11) is 0. The van der Waals surface area contributed by atoms with Crippen molar-refractivity contribution in [2.24, 2.45) is 11.3 Å². The molecule has 1 N–H and O–H groups in total. The van der Waals surface area contributed by atoms with Gasteiger partial charge in [-0.15, -0.1) is 0 Å². The summed E-state index contributed by atoms with van der Waals surface area (Å²) in [6, 6.07) is 0. The van der Waals surface area contributed by atoms with E-state index < -0.39 is 5.60 Å². The molecule has 0 unspecified atom stereocenters. The third-order valence-corrected chi connectivity index (χ3v) is 4.87. The van der Waals surface area contributed by atoms with E-state index in [2.05, 4.69) is 6.58 Å². The number of rotatable bonds is 0. The van der Waals surface area contributed by atoms with Gasteiger partial charge in [0.2, 0.25) is 0 Å². The Balaban J connectivity index is 2.02. The van der Waals surface area contributed by atoms with Crippen molar-refractivity contribution < 1.29 is 5.11 Å². The maximum Gasteiger partial charge on any atom is 0.0860 e. The van der Waals surface area contributed by atoms with Crippen LogP contribution in [0.1, 0.15) is 44.9 Å². The lowest BCUT2D eigenvalue weighted by Crippen LogP contribution is -2.36. The summed E-state index contributed by atoms with van der Waals surface area (Å²) in [5.41, 5.74) is 1.17. The van der Waals surface area contributed by atoms with Gasteiger partial charge in [-0.2, -0.15) is 0 Å². The van der Waals surface area contributed by atoms with Crippen molar-refractivity contribution in [3.8, 4) is 0 Å². The smallest absolute Gasteiger partial charge is 0.0860 e. The van der Waals surface area contributed by atoms with Gasteiger partial charge in [-0.3, -0.25) is 0 Å². The second-order valence-corrected chi connectivity index (χ2v) is 5.48. The van der Waals surface area contributed by atoms with E-state index in [0.717, 1.165) is 30.8 Å². The molecule has 0 aromatic rings. The van der Waals surface area contributed by atoms with Crippen molar-refractivity contribution in [2.75, 3.05) is 0 Å². The minimum absolute atomic E-state index is 0.458. The number of aliphatic hydroxyl groups is 1. The summed E-state index contributed by atoms with van der Waals surface area (Å²) in [4.78, 5) is 0. The van der Waals surface area contributed by atoms with E-state index in [0.29, 0.717) is 5.41 Å². The van der Waals surface area contributed by atoms with E-state index in [1.165, 1.54) is 25.7 Å². The zero-order valence-electron chi connectivity index (χ0n) is 8.18. The Bertz CT molecular complexity index is 270. The second kappa shape index (κ2) is 2.20. The van der Waals surface area contributed by atoms with Crippen LogP contribution in [0.5, 0.6) is 0 Å². The fourth-order valence-electron chi connectivity index (χ4n) is 4.16. The number of fused-ring (bicyclic) bond motifs is 1. The summed E-state index contributed by atoms with van der Waals surface area (Å²) in [5.74, 6) is 0.909. The first-order valence-corrected chi connectivity index (χ1v) is 5.55. The van der Waals surface area contributed by atoms with Crippen molar-refractivity contribution in [3.05, 3.63) is 12.2 Å². The lowest BCUT2D eigenvalue weighted by molar-refractivity contribution is 0.00198. The molecule has 0 saturated heterocycles. The first-order chi connectivity index (χ1) is 6.15. The average Bonchev–Trinajstić information content (AvgIpc) is 2.53. The highest BCUT2D eigenvalue weighted by Gasteiger charge is 2.58. The average molecular weight is 178 g/mol. The predicted molar refractivity (Wildman–Crippen MR) is 52.3 cm³/mol. The van der Waals surface area contributed by atoms with Gasteiger partial charge in [-0.25, -0.2) is 0 Å². The van der Waals surface area contributed by atoms with Gasteiger partial charge < -0.3 is 5.11 Å². The fourth-order valence-corrected chi connectivity index (χ4v) is 4.16. The summed E-state index contributed by atoms with van der Waals surface area (Å²) < 4.78 is 0. The molecule has 3 aliphatic rings. The molecule has 0 aromatic carbocycles. The predicted octanol–water partition coefficient (Wildman–Crippen LogP) is 2.65. The van der Waals surface area contributed by atoms with Crippen molar-refractivity contribution in [1.82, 2.24) is 0 Å². The topological polar surface area (TPSA) is 20.2 Å². The Labute approximate surface area is 79.8 Å². The highest BCUT2D eigenvalue weighted by Crippen LogP contribution is 2.64. The Kier molecular flexibility index (Phi) is 1.36. The van der Waals surface area contributed by atoms with E-state index in [4.69, 9.17) is 0 Å². The molecule has 3 aliphatic carbocycles. The molecule has 3 fully saturated rings. The molecular weight excluding hydrogens is 160 g/mol. The van der Waals surface area contributed by atoms with Crippen molar-refractivity contribution >= 4 is 0 Å². The minimum Gasteiger partial charge on any atom is -0.386 e. The van der Waals surface area contributed by atoms with Crippen LogP contribution in [0, 0.1) is 11.3 Å². The highest BCUT2D eigenvalue weighted by molar-refractivity contribution is 5.27. The molecule has 3 saturated carbocycles. The maximum absolute atomic E-state index is 10.3. The van der Waals surface area contributed by atoms with Gasteiger partial charge in [0, 0.05) is 0 Å². The highest BCUT2D eigenvalue weighted by atomic mass is 16.3. The molecule has 0 amide bonds. The van der Waals surface area contributed by atoms with Crippen molar-refractivity contribution in [1.29, 1.82) is 0 Å². The Morgan fingerprint density at radius 1 is 1.31 bits per heavy atom. The van der Waals surface area contributed by atoms with Gasteiger partial charge in [0.1, 0.15) is 0 Å². The minimum atomic E-state index is -0.458. The van der Waals surface area contributed by atoms with Gasteiger partial charge >= 0.3 is 0 Å². The molecular formula is C12H18O. The molecule has 2 bridgehead atoms. The molecule has 13 heavy (non-hydrogen) atoms. The van der Waals surface area contributed by atoms with Crippen molar-refractivity contribution in [2.45, 2.75) is 50.5 Å². The summed E-state index contributed by atoms with van der Waals surface area (Å²) in [6.45, 7) is 4.07. The zero-order valence-corrected chi connectivity index (χ0v) is 8.18. The molecule has 1 nitrogen and oxygen atoms in total. The largest absolute Gasteiger partial charge is 0.386 e. The van der Waals surface area contributed by atoms with E-state index in [9.17, 15) is 5.11 Å². The summed E-state index contributed by atoms with van der Waals surface area (Å²) in [6.07, 6.45) is 8.52. The second-order valence-electron chi connectivity index (χ2n) is 5.48. The third kappa shape index (κ3) is 0.864. The first-order valence-electron chi connectivity index (χ1n) is 5.55. The Morgan fingerprint density at radius 2 is 2.15 bits per heavy atom. The summed E-state index contributed by atoms with van der Waals surface area (Å²) >= 11 is 0. The molecule has 3 rings (SSSR count). The monoisotopic (exact) mass is 178 g/mol. The van der Waals surface area contributed by atoms with Gasteiger partial charge in [0.25, 0.3) is 0 Å². The lowest BCUT2D eigenvalue weighted by Gasteiger charge is -2.38. The van der Waals surface area contributed by atoms with Crippen LogP contribution in [-0.2, 0) is 0 Å². The van der Waals surface area contributed by atoms with Gasteiger partial charge in [-0.05, 0) is 55.4 Å². The molecule has 0 aliphatic heterocycles. The van der Waals surface area contributed by atoms with Gasteiger partial charge in [0.15, 0.2) is 0 Å². The van der Waals surface area contributed by atoms with E-state index >= 15 is 0 Å². The molecule has 0 radical (unpaired) electrons. The normalized spacial score (nSPS) is 53.9. The van der Waals surface area contributed by atoms with E-state index in [1.54, 1.807) is 0 Å². The Morgan fingerprint density at radius 3 is 3.00 bits per heavy atom. The molecule has 72 valence electrons. The van der Waals surface area contributed by atoms with Crippen molar-refractivity contribution in [3.63, 3.8) is 0 Å². The standard InChI is InChI=1S/C12H18O/c1-9-7-11-5-2-3-10(11)4-6-12(9,13)8-11/h10,13H,1-8H2/t10-,11-,12+/m1/s1. The van der Waals surface area contributed by atoms with Crippen LogP contribution < -0.4 is 0 Å². The van der Waals surface area contributed by atoms with E-state index in [-0.39, 0.29) is 0 Å². The van der Waals surface area contributed by atoms with Gasteiger partial charge in [-0.1, -0.05) is 13.0 Å². The van der Waals surface area contributed by atoms with Crippen LogP contribution >= 0.6 is 0 Å². The molecule has 0 aromatic heterocycles. The van der Waals surface area contributed by atoms with Crippen LogP contribution in [0.15, 0.2) is 12.2 Å². The summed E-state index contributed by atoms with van der Waals surface area (Å²) in [5, 5.41) is 10.3. The van der Waals surface area contributed by atoms with Crippen LogP contribution in [0.4, 0.5) is 0 Å². The third-order valence-electron chi connectivity index (χ3n) is 4.87. The molecule has 1 spiro atoms. The zero-order chi connectivity index (χ0) is 9.10. The quantitative estimate of drug-likeness (QED) is 0.565. The number of hydrogen-bond donors (Lipinski definition) is 1. The van der Waals surface area contributed by atoms with E-state index in [1.807, 2.05) is 0 Å². The SMILES string of the molecule is C=C1C[C@@]23CCC[C@@H]2CC[C@]1(O)C3. The Hall–Kier alpha value is -0.300. The molecule has 3 atom stereocenters. The fraction of sp³-hybridized carbons (Fsp3) is 0.833. The maximum atomic E-state index is 10.3. The van der Waals surface area contributed by atoms with Crippen LogP contribution in [0.25, 0.3) is 0 Å². The first kappa shape index (κ1) is 8.05.